The number of terminal acetylenes is 1. The van der Waals surface area contributed by atoms with Crippen LogP contribution in [0.15, 0.2) is 10.7 Å². The summed E-state index contributed by atoms with van der Waals surface area (Å²) in [6, 6.07) is 0. The monoisotopic (exact) mass is 312 g/mol. The van der Waals surface area contributed by atoms with Crippen molar-refractivity contribution < 1.29 is 4.79 Å². The fourth-order valence-electron chi connectivity index (χ4n) is 1.44. The van der Waals surface area contributed by atoms with E-state index in [1.807, 2.05) is 19.0 Å². The van der Waals surface area contributed by atoms with Crippen LogP contribution in [-0.2, 0) is 6.54 Å². The number of carbonyl (C=O) groups excluding carboxylic acids is 1. The van der Waals surface area contributed by atoms with Gasteiger partial charge in [-0.2, -0.15) is 5.10 Å². The molecule has 0 amide bonds. The number of nitrogens with zero attached hydrogens (tertiary/aromatic N) is 3. The Balaban J connectivity index is 2.71. The van der Waals surface area contributed by atoms with Crippen molar-refractivity contribution in [1.82, 2.24) is 20.0 Å². The summed E-state index contributed by atoms with van der Waals surface area (Å²) in [6.45, 7) is 2.10. The number of halogens is 1. The van der Waals surface area contributed by atoms with E-state index in [1.165, 1.54) is 0 Å². The molecule has 0 aliphatic carbocycles. The number of hydrogen-bond donors (Lipinski definition) is 1. The second-order valence-electron chi connectivity index (χ2n) is 4.10. The van der Waals surface area contributed by atoms with E-state index >= 15 is 0 Å². The minimum Gasteiger partial charge on any atom is -0.308 e. The lowest BCUT2D eigenvalue weighted by molar-refractivity contribution is 0.0980. The van der Waals surface area contributed by atoms with Crippen LogP contribution in [0, 0.1) is 12.3 Å². The molecule has 1 aromatic rings. The van der Waals surface area contributed by atoms with Crippen LogP contribution in [0.1, 0.15) is 10.5 Å². The van der Waals surface area contributed by atoms with Crippen molar-refractivity contribution in [1.29, 1.82) is 0 Å². The van der Waals surface area contributed by atoms with Gasteiger partial charge in [0.25, 0.3) is 0 Å². The standard InChI is InChI=1S/C12H17BrN4O/c1-4-5-14-9-11(18)12-10(13)8-15-17(12)7-6-16(2)3/h1,8,14H,5-7,9H2,2-3H3. The molecule has 0 aromatic carbocycles. The maximum Gasteiger partial charge on any atom is 0.195 e. The average Bonchev–Trinajstić information content (AvgIpc) is 2.68. The third kappa shape index (κ3) is 4.26. The highest BCUT2D eigenvalue weighted by molar-refractivity contribution is 9.10. The normalized spacial score (nSPS) is 10.6. The molecule has 0 aliphatic rings. The fourth-order valence-corrected chi connectivity index (χ4v) is 1.95. The zero-order chi connectivity index (χ0) is 13.5. The molecule has 0 unspecified atom stereocenters. The van der Waals surface area contributed by atoms with Gasteiger partial charge in [0.1, 0.15) is 5.69 Å². The molecule has 0 saturated heterocycles. The molecule has 6 heteroatoms. The third-order valence-electron chi connectivity index (χ3n) is 2.33. The number of likely N-dealkylation sites (N-methyl/N-ethyl adjacent to an activating group) is 1. The zero-order valence-electron chi connectivity index (χ0n) is 10.6. The Labute approximate surface area is 116 Å². The van der Waals surface area contributed by atoms with Crippen LogP contribution in [0.25, 0.3) is 0 Å². The van der Waals surface area contributed by atoms with Gasteiger partial charge in [-0.3, -0.25) is 14.8 Å². The van der Waals surface area contributed by atoms with Crippen LogP contribution in [-0.4, -0.2) is 54.2 Å². The summed E-state index contributed by atoms with van der Waals surface area (Å²) in [5, 5.41) is 7.08. The second kappa shape index (κ2) is 7.31. The van der Waals surface area contributed by atoms with Gasteiger partial charge in [0.05, 0.1) is 30.3 Å². The van der Waals surface area contributed by atoms with Crippen molar-refractivity contribution in [2.75, 3.05) is 33.7 Å². The highest BCUT2D eigenvalue weighted by Gasteiger charge is 2.16. The predicted octanol–water partition coefficient (Wildman–Crippen LogP) is 0.613. The SMILES string of the molecule is C#CCNCC(=O)c1c(Br)cnn1CCN(C)C. The van der Waals surface area contributed by atoms with E-state index in [9.17, 15) is 4.79 Å². The highest BCUT2D eigenvalue weighted by Crippen LogP contribution is 2.16. The summed E-state index contributed by atoms with van der Waals surface area (Å²) in [5.74, 6) is 2.41. The molecule has 0 radical (unpaired) electrons. The van der Waals surface area contributed by atoms with Crippen LogP contribution in [0.3, 0.4) is 0 Å². The molecule has 1 aromatic heterocycles. The molecule has 5 nitrogen and oxygen atoms in total. The molecule has 98 valence electrons. The van der Waals surface area contributed by atoms with E-state index in [1.54, 1.807) is 10.9 Å². The summed E-state index contributed by atoms with van der Waals surface area (Å²) >= 11 is 3.35. The molecule has 0 aliphatic heterocycles. The van der Waals surface area contributed by atoms with Crippen LogP contribution in [0.2, 0.25) is 0 Å². The van der Waals surface area contributed by atoms with Crippen molar-refractivity contribution in [2.24, 2.45) is 0 Å². The quantitative estimate of drug-likeness (QED) is 0.455. The van der Waals surface area contributed by atoms with Gasteiger partial charge in [-0.25, -0.2) is 0 Å². The Kier molecular flexibility index (Phi) is 6.05. The molecular formula is C12H17BrN4O. The third-order valence-corrected chi connectivity index (χ3v) is 2.91. The molecule has 18 heavy (non-hydrogen) atoms. The molecule has 1 N–H and O–H groups in total. The average molecular weight is 313 g/mol. The van der Waals surface area contributed by atoms with Crippen molar-refractivity contribution in [3.05, 3.63) is 16.4 Å². The van der Waals surface area contributed by atoms with Crippen LogP contribution in [0.4, 0.5) is 0 Å². The van der Waals surface area contributed by atoms with Crippen LogP contribution < -0.4 is 5.32 Å². The van der Waals surface area contributed by atoms with Crippen molar-refractivity contribution >= 4 is 21.7 Å². The number of hydrogen-bond acceptors (Lipinski definition) is 4. The maximum absolute atomic E-state index is 12.0. The summed E-state index contributed by atoms with van der Waals surface area (Å²) in [7, 11) is 3.96. The van der Waals surface area contributed by atoms with Crippen molar-refractivity contribution in [3.63, 3.8) is 0 Å². The topological polar surface area (TPSA) is 50.2 Å². The molecule has 1 rings (SSSR count). The van der Waals surface area contributed by atoms with E-state index in [0.29, 0.717) is 23.3 Å². The van der Waals surface area contributed by atoms with Crippen LogP contribution >= 0.6 is 15.9 Å². The van der Waals surface area contributed by atoms with E-state index in [4.69, 9.17) is 6.42 Å². The van der Waals surface area contributed by atoms with E-state index in [-0.39, 0.29) is 12.3 Å². The van der Waals surface area contributed by atoms with Gasteiger partial charge in [-0.05, 0) is 30.0 Å². The first-order valence-corrected chi connectivity index (χ1v) is 6.39. The minimum atomic E-state index is -0.0200. The number of aromatic nitrogens is 2. The van der Waals surface area contributed by atoms with Gasteiger partial charge < -0.3 is 4.90 Å². The Bertz CT molecular complexity index is 447. The van der Waals surface area contributed by atoms with Crippen molar-refractivity contribution in [3.8, 4) is 12.3 Å². The highest BCUT2D eigenvalue weighted by atomic mass is 79.9. The molecule has 0 atom stereocenters. The van der Waals surface area contributed by atoms with Gasteiger partial charge in [-0.1, -0.05) is 5.92 Å². The van der Waals surface area contributed by atoms with Crippen molar-refractivity contribution in [2.45, 2.75) is 6.54 Å². The lowest BCUT2D eigenvalue weighted by Crippen LogP contribution is -2.27. The summed E-state index contributed by atoms with van der Waals surface area (Å²) in [6.07, 6.45) is 6.76. The molecule has 0 spiro atoms. The van der Waals surface area contributed by atoms with Gasteiger partial charge in [0.2, 0.25) is 0 Å². The van der Waals surface area contributed by atoms with Gasteiger partial charge in [0.15, 0.2) is 5.78 Å². The largest absolute Gasteiger partial charge is 0.308 e. The first-order chi connectivity index (χ1) is 8.56. The number of ketones is 1. The number of rotatable bonds is 7. The Morgan fingerprint density at radius 2 is 2.39 bits per heavy atom. The first kappa shape index (κ1) is 14.9. The van der Waals surface area contributed by atoms with Gasteiger partial charge >= 0.3 is 0 Å². The van der Waals surface area contributed by atoms with Crippen LogP contribution in [0.5, 0.6) is 0 Å². The summed E-state index contributed by atoms with van der Waals surface area (Å²) in [5.41, 5.74) is 0.585. The van der Waals surface area contributed by atoms with E-state index < -0.39 is 0 Å². The lowest BCUT2D eigenvalue weighted by Gasteiger charge is -2.11. The molecule has 0 bridgehead atoms. The Hall–Kier alpha value is -1.16. The molecule has 0 fully saturated rings. The lowest BCUT2D eigenvalue weighted by atomic mass is 10.3. The van der Waals surface area contributed by atoms with E-state index in [2.05, 4.69) is 32.3 Å². The summed E-state index contributed by atoms with van der Waals surface area (Å²) < 4.78 is 2.43. The van der Waals surface area contributed by atoms with Gasteiger partial charge in [0, 0.05) is 6.54 Å². The second-order valence-corrected chi connectivity index (χ2v) is 4.95. The maximum atomic E-state index is 12.0. The summed E-state index contributed by atoms with van der Waals surface area (Å²) in [4.78, 5) is 14.1. The molecule has 0 saturated carbocycles. The minimum absolute atomic E-state index is 0.0200. The molecule has 1 heterocycles. The number of nitrogens with one attached hydrogen (secondary N) is 1. The fraction of sp³-hybridized carbons (Fsp3) is 0.500. The Morgan fingerprint density at radius 1 is 1.67 bits per heavy atom. The zero-order valence-corrected chi connectivity index (χ0v) is 12.2. The first-order valence-electron chi connectivity index (χ1n) is 5.59. The predicted molar refractivity (Wildman–Crippen MR) is 74.5 cm³/mol. The van der Waals surface area contributed by atoms with Gasteiger partial charge in [-0.15, -0.1) is 6.42 Å². The number of Topliss-reactive ketones (excluding diaryl/α,β-unsaturated/α-hetero) is 1. The molecular weight excluding hydrogens is 296 g/mol. The smallest absolute Gasteiger partial charge is 0.195 e. The van der Waals surface area contributed by atoms with E-state index in [0.717, 1.165) is 6.54 Å². The number of carbonyl (C=O) groups is 1. The Morgan fingerprint density at radius 3 is 3.00 bits per heavy atom.